The topological polar surface area (TPSA) is 55.6 Å². The van der Waals surface area contributed by atoms with Crippen molar-refractivity contribution in [3.63, 3.8) is 0 Å². The third kappa shape index (κ3) is 3.76. The van der Waals surface area contributed by atoms with E-state index in [1.807, 2.05) is 7.05 Å². The molecular formula is C12H24N2O2. The summed E-state index contributed by atoms with van der Waals surface area (Å²) in [4.78, 5) is 13.4. The Kier molecular flexibility index (Phi) is 5.22. The van der Waals surface area contributed by atoms with Crippen molar-refractivity contribution in [1.29, 1.82) is 0 Å². The zero-order valence-electron chi connectivity index (χ0n) is 10.6. The van der Waals surface area contributed by atoms with Gasteiger partial charge in [0.2, 0.25) is 0 Å². The van der Waals surface area contributed by atoms with Gasteiger partial charge in [-0.15, -0.1) is 0 Å². The Morgan fingerprint density at radius 2 is 2.00 bits per heavy atom. The molecule has 0 aromatic carbocycles. The van der Waals surface area contributed by atoms with Gasteiger partial charge in [-0.2, -0.15) is 0 Å². The number of likely N-dealkylation sites (N-methyl/N-ethyl adjacent to an activating group) is 1. The van der Waals surface area contributed by atoms with Crippen LogP contribution in [0, 0.1) is 5.92 Å². The highest BCUT2D eigenvalue weighted by atomic mass is 16.5. The van der Waals surface area contributed by atoms with Gasteiger partial charge in [0, 0.05) is 12.6 Å². The standard InChI is InChI=1S/C12H24N2O2/c1-9-4-6-10(7-5-9)14(2)8-11(13)12(15)16-3/h9-11H,4-8,13H2,1-3H3. The Labute approximate surface area is 98.1 Å². The quantitative estimate of drug-likeness (QED) is 0.729. The molecule has 1 fully saturated rings. The first-order chi connectivity index (χ1) is 7.54. The van der Waals surface area contributed by atoms with Crippen LogP contribution in [-0.2, 0) is 9.53 Å². The lowest BCUT2D eigenvalue weighted by Gasteiger charge is -2.34. The van der Waals surface area contributed by atoms with E-state index < -0.39 is 6.04 Å². The molecule has 0 amide bonds. The van der Waals surface area contributed by atoms with Gasteiger partial charge in [-0.25, -0.2) is 0 Å². The van der Waals surface area contributed by atoms with Crippen LogP contribution in [0.4, 0.5) is 0 Å². The third-order valence-corrected chi connectivity index (χ3v) is 3.60. The van der Waals surface area contributed by atoms with Crippen LogP contribution in [0.2, 0.25) is 0 Å². The lowest BCUT2D eigenvalue weighted by Crippen LogP contribution is -2.46. The molecule has 0 aromatic rings. The predicted molar refractivity (Wildman–Crippen MR) is 64.0 cm³/mol. The molecule has 0 saturated heterocycles. The number of hydrogen-bond acceptors (Lipinski definition) is 4. The zero-order chi connectivity index (χ0) is 12.1. The average Bonchev–Trinajstić information content (AvgIpc) is 2.28. The van der Waals surface area contributed by atoms with Crippen molar-refractivity contribution >= 4 is 5.97 Å². The highest BCUT2D eigenvalue weighted by molar-refractivity contribution is 5.75. The monoisotopic (exact) mass is 228 g/mol. The maximum absolute atomic E-state index is 11.2. The summed E-state index contributed by atoms with van der Waals surface area (Å²) in [6.07, 6.45) is 4.99. The molecule has 94 valence electrons. The van der Waals surface area contributed by atoms with Crippen molar-refractivity contribution in [2.45, 2.75) is 44.7 Å². The summed E-state index contributed by atoms with van der Waals surface area (Å²) >= 11 is 0. The molecule has 0 aliphatic heterocycles. The normalized spacial score (nSPS) is 27.8. The van der Waals surface area contributed by atoms with E-state index >= 15 is 0 Å². The van der Waals surface area contributed by atoms with Crippen LogP contribution in [0.5, 0.6) is 0 Å². The third-order valence-electron chi connectivity index (χ3n) is 3.60. The highest BCUT2D eigenvalue weighted by Gasteiger charge is 2.24. The second-order valence-electron chi connectivity index (χ2n) is 4.98. The van der Waals surface area contributed by atoms with E-state index in [1.54, 1.807) is 0 Å². The van der Waals surface area contributed by atoms with Crippen LogP contribution in [0.15, 0.2) is 0 Å². The number of nitrogens with zero attached hydrogens (tertiary/aromatic N) is 1. The molecule has 4 heteroatoms. The van der Waals surface area contributed by atoms with Crippen molar-refractivity contribution in [3.8, 4) is 0 Å². The van der Waals surface area contributed by atoms with Gasteiger partial charge in [0.1, 0.15) is 6.04 Å². The molecule has 1 aliphatic rings. The number of nitrogens with two attached hydrogens (primary N) is 1. The second kappa shape index (κ2) is 6.21. The molecule has 4 nitrogen and oxygen atoms in total. The number of ether oxygens (including phenoxy) is 1. The number of carbonyl (C=O) groups is 1. The molecule has 2 N–H and O–H groups in total. The summed E-state index contributed by atoms with van der Waals surface area (Å²) in [6, 6.07) is 0.0567. The lowest BCUT2D eigenvalue weighted by molar-refractivity contribution is -0.142. The Bertz CT molecular complexity index is 225. The van der Waals surface area contributed by atoms with Gasteiger partial charge in [-0.3, -0.25) is 4.79 Å². The van der Waals surface area contributed by atoms with E-state index in [9.17, 15) is 4.79 Å². The first-order valence-electron chi connectivity index (χ1n) is 6.08. The Morgan fingerprint density at radius 3 is 2.50 bits per heavy atom. The van der Waals surface area contributed by atoms with Gasteiger partial charge >= 0.3 is 5.97 Å². The van der Waals surface area contributed by atoms with E-state index in [0.717, 1.165) is 5.92 Å². The molecule has 1 atom stereocenters. The van der Waals surface area contributed by atoms with Crippen LogP contribution >= 0.6 is 0 Å². The van der Waals surface area contributed by atoms with E-state index in [-0.39, 0.29) is 5.97 Å². The first-order valence-corrected chi connectivity index (χ1v) is 6.08. The minimum absolute atomic E-state index is 0.323. The minimum Gasteiger partial charge on any atom is -0.468 e. The number of hydrogen-bond donors (Lipinski definition) is 1. The van der Waals surface area contributed by atoms with Crippen molar-refractivity contribution in [2.24, 2.45) is 11.7 Å². The van der Waals surface area contributed by atoms with E-state index in [2.05, 4.69) is 16.6 Å². The Hall–Kier alpha value is -0.610. The molecular weight excluding hydrogens is 204 g/mol. The average molecular weight is 228 g/mol. The predicted octanol–water partition coefficient (Wildman–Crippen LogP) is 0.997. The smallest absolute Gasteiger partial charge is 0.323 e. The molecule has 16 heavy (non-hydrogen) atoms. The number of methoxy groups -OCH3 is 1. The zero-order valence-corrected chi connectivity index (χ0v) is 10.6. The molecule has 1 saturated carbocycles. The Morgan fingerprint density at radius 1 is 1.44 bits per heavy atom. The maximum Gasteiger partial charge on any atom is 0.323 e. The SMILES string of the molecule is COC(=O)C(N)CN(C)C1CCC(C)CC1. The molecule has 1 unspecified atom stereocenters. The lowest BCUT2D eigenvalue weighted by atomic mass is 9.86. The summed E-state index contributed by atoms with van der Waals surface area (Å²) in [5.74, 6) is 0.523. The number of carbonyl (C=O) groups excluding carboxylic acids is 1. The van der Waals surface area contributed by atoms with Gasteiger partial charge in [-0.05, 0) is 38.6 Å². The molecule has 1 aliphatic carbocycles. The van der Waals surface area contributed by atoms with E-state index in [4.69, 9.17) is 5.73 Å². The molecule has 0 bridgehead atoms. The van der Waals surface area contributed by atoms with Gasteiger partial charge in [0.25, 0.3) is 0 Å². The molecule has 0 aromatic heterocycles. The second-order valence-corrected chi connectivity index (χ2v) is 4.98. The van der Waals surface area contributed by atoms with Crippen molar-refractivity contribution in [2.75, 3.05) is 20.7 Å². The first kappa shape index (κ1) is 13.5. The van der Waals surface area contributed by atoms with Crippen LogP contribution in [0.1, 0.15) is 32.6 Å². The number of esters is 1. The summed E-state index contributed by atoms with van der Waals surface area (Å²) in [5.41, 5.74) is 5.75. The fraction of sp³-hybridized carbons (Fsp3) is 0.917. The Balaban J connectivity index is 2.34. The molecule has 0 radical (unpaired) electrons. The largest absolute Gasteiger partial charge is 0.468 e. The summed E-state index contributed by atoms with van der Waals surface area (Å²) in [6.45, 7) is 2.89. The van der Waals surface area contributed by atoms with Gasteiger partial charge in [0.05, 0.1) is 7.11 Å². The molecule has 0 spiro atoms. The summed E-state index contributed by atoms with van der Waals surface area (Å²) in [7, 11) is 3.42. The van der Waals surface area contributed by atoms with Gasteiger partial charge < -0.3 is 15.4 Å². The van der Waals surface area contributed by atoms with E-state index in [0.29, 0.717) is 12.6 Å². The van der Waals surface area contributed by atoms with Crippen LogP contribution in [0.3, 0.4) is 0 Å². The van der Waals surface area contributed by atoms with Crippen LogP contribution in [0.25, 0.3) is 0 Å². The van der Waals surface area contributed by atoms with Crippen LogP contribution < -0.4 is 5.73 Å². The van der Waals surface area contributed by atoms with Gasteiger partial charge in [0.15, 0.2) is 0 Å². The molecule has 1 rings (SSSR count). The fourth-order valence-electron chi connectivity index (χ4n) is 2.37. The maximum atomic E-state index is 11.2. The highest BCUT2D eigenvalue weighted by Crippen LogP contribution is 2.26. The number of rotatable bonds is 4. The summed E-state index contributed by atoms with van der Waals surface area (Å²) < 4.78 is 4.63. The summed E-state index contributed by atoms with van der Waals surface area (Å²) in [5, 5.41) is 0. The van der Waals surface area contributed by atoms with Crippen molar-refractivity contribution < 1.29 is 9.53 Å². The van der Waals surface area contributed by atoms with E-state index in [1.165, 1.54) is 32.8 Å². The van der Waals surface area contributed by atoms with Crippen molar-refractivity contribution in [3.05, 3.63) is 0 Å². The minimum atomic E-state index is -0.519. The van der Waals surface area contributed by atoms with Crippen LogP contribution in [-0.4, -0.2) is 43.7 Å². The van der Waals surface area contributed by atoms with Gasteiger partial charge in [-0.1, -0.05) is 6.92 Å². The fourth-order valence-corrected chi connectivity index (χ4v) is 2.37. The van der Waals surface area contributed by atoms with Crippen molar-refractivity contribution in [1.82, 2.24) is 4.90 Å². The molecule has 0 heterocycles.